The highest BCUT2D eigenvalue weighted by Crippen LogP contribution is 2.16. The van der Waals surface area contributed by atoms with E-state index in [0.717, 1.165) is 19.3 Å². The number of rotatable bonds is 36. The molecule has 0 N–H and O–H groups in total. The molecular formula is C40H78O3. The molecule has 0 aliphatic carbocycles. The van der Waals surface area contributed by atoms with Crippen LogP contribution in [-0.2, 0) is 14.3 Å². The summed E-state index contributed by atoms with van der Waals surface area (Å²) < 4.78 is 5.46. The first-order chi connectivity index (χ1) is 21.1. The maximum absolute atomic E-state index is 12.3. The number of esters is 1. The topological polar surface area (TPSA) is 43.4 Å². The van der Waals surface area contributed by atoms with Crippen molar-refractivity contribution in [3.63, 3.8) is 0 Å². The van der Waals surface area contributed by atoms with Crippen LogP contribution in [-0.4, -0.2) is 18.4 Å². The van der Waals surface area contributed by atoms with E-state index in [2.05, 4.69) is 13.8 Å². The van der Waals surface area contributed by atoms with Crippen molar-refractivity contribution in [2.24, 2.45) is 5.92 Å². The molecule has 0 fully saturated rings. The second kappa shape index (κ2) is 35.6. The zero-order chi connectivity index (χ0) is 31.5. The van der Waals surface area contributed by atoms with Crippen LogP contribution in [0.2, 0.25) is 0 Å². The molecular weight excluding hydrogens is 528 g/mol. The standard InChI is InChI=1S/C40H78O3/c1-4-6-8-10-12-14-16-18-20-22-24-26-28-30-32-34-39(41)36-38(3)37-43-40(42)35-33-31-29-27-25-23-21-19-17-15-13-11-9-7-5-2/h38H,4-37H2,1-3H3. The van der Waals surface area contributed by atoms with Crippen LogP contribution in [0.15, 0.2) is 0 Å². The largest absolute Gasteiger partial charge is 0.465 e. The van der Waals surface area contributed by atoms with Crippen LogP contribution in [0.4, 0.5) is 0 Å². The van der Waals surface area contributed by atoms with Crippen molar-refractivity contribution >= 4 is 11.8 Å². The highest BCUT2D eigenvalue weighted by atomic mass is 16.5. The first kappa shape index (κ1) is 42.1. The molecule has 0 aromatic rings. The molecule has 3 heteroatoms. The van der Waals surface area contributed by atoms with Crippen LogP contribution >= 0.6 is 0 Å². The average Bonchev–Trinajstić information content (AvgIpc) is 3.00. The maximum atomic E-state index is 12.3. The molecule has 0 aromatic heterocycles. The summed E-state index contributed by atoms with van der Waals surface area (Å²) in [7, 11) is 0. The van der Waals surface area contributed by atoms with Crippen molar-refractivity contribution in [2.45, 2.75) is 233 Å². The molecule has 0 rings (SSSR count). The van der Waals surface area contributed by atoms with Gasteiger partial charge in [0.05, 0.1) is 6.61 Å². The molecule has 1 unspecified atom stereocenters. The minimum atomic E-state index is -0.0867. The van der Waals surface area contributed by atoms with Gasteiger partial charge in [0.15, 0.2) is 0 Å². The van der Waals surface area contributed by atoms with Crippen molar-refractivity contribution in [1.29, 1.82) is 0 Å². The number of unbranched alkanes of at least 4 members (excludes halogenated alkanes) is 28. The Bertz CT molecular complexity index is 572. The third-order valence-electron chi connectivity index (χ3n) is 9.15. The summed E-state index contributed by atoms with van der Waals surface area (Å²) in [5.41, 5.74) is 0. The molecule has 0 bridgehead atoms. The molecule has 0 radical (unpaired) electrons. The van der Waals surface area contributed by atoms with E-state index in [1.54, 1.807) is 0 Å². The van der Waals surface area contributed by atoms with Crippen LogP contribution in [0, 0.1) is 5.92 Å². The molecule has 0 saturated carbocycles. The van der Waals surface area contributed by atoms with E-state index in [-0.39, 0.29) is 11.9 Å². The molecule has 3 nitrogen and oxygen atoms in total. The predicted octanol–water partition coefficient (Wildman–Crippen LogP) is 13.6. The van der Waals surface area contributed by atoms with Gasteiger partial charge in [-0.2, -0.15) is 0 Å². The Labute approximate surface area is 270 Å². The Hall–Kier alpha value is -0.860. The quantitative estimate of drug-likeness (QED) is 0.0526. The molecule has 0 spiro atoms. The summed E-state index contributed by atoms with van der Waals surface area (Å²) in [5.74, 6) is 0.380. The summed E-state index contributed by atoms with van der Waals surface area (Å²) in [4.78, 5) is 24.4. The van der Waals surface area contributed by atoms with E-state index in [4.69, 9.17) is 4.74 Å². The molecule has 0 saturated heterocycles. The molecule has 43 heavy (non-hydrogen) atoms. The van der Waals surface area contributed by atoms with E-state index in [0.29, 0.717) is 31.7 Å². The van der Waals surface area contributed by atoms with E-state index >= 15 is 0 Å². The van der Waals surface area contributed by atoms with Crippen LogP contribution in [0.3, 0.4) is 0 Å². The van der Waals surface area contributed by atoms with E-state index < -0.39 is 0 Å². The van der Waals surface area contributed by atoms with E-state index in [9.17, 15) is 9.59 Å². The molecule has 0 aliphatic rings. The molecule has 1 atom stereocenters. The van der Waals surface area contributed by atoms with Crippen molar-refractivity contribution in [3.05, 3.63) is 0 Å². The Kier molecular flexibility index (Phi) is 34.9. The molecule has 256 valence electrons. The number of ether oxygens (including phenoxy) is 1. The fourth-order valence-electron chi connectivity index (χ4n) is 6.19. The first-order valence-corrected chi connectivity index (χ1v) is 19.8. The van der Waals surface area contributed by atoms with Gasteiger partial charge in [-0.1, -0.05) is 201 Å². The SMILES string of the molecule is CCCCCCCCCCCCCCCCCC(=O)CC(C)COC(=O)CCCCCCCCCCCCCCCCC. The van der Waals surface area contributed by atoms with Crippen molar-refractivity contribution < 1.29 is 14.3 Å². The van der Waals surface area contributed by atoms with Gasteiger partial charge in [0.1, 0.15) is 5.78 Å². The zero-order valence-electron chi connectivity index (χ0n) is 29.8. The Morgan fingerprint density at radius 1 is 0.419 bits per heavy atom. The molecule has 0 aromatic carbocycles. The van der Waals surface area contributed by atoms with Gasteiger partial charge in [-0.15, -0.1) is 0 Å². The Morgan fingerprint density at radius 2 is 0.698 bits per heavy atom. The summed E-state index contributed by atoms with van der Waals surface area (Å²) in [5, 5.41) is 0. The fraction of sp³-hybridized carbons (Fsp3) is 0.950. The number of hydrogen-bond donors (Lipinski definition) is 0. The zero-order valence-corrected chi connectivity index (χ0v) is 29.8. The second-order valence-electron chi connectivity index (χ2n) is 13.9. The molecule has 0 aliphatic heterocycles. The van der Waals surface area contributed by atoms with E-state index in [1.165, 1.54) is 173 Å². The minimum absolute atomic E-state index is 0.0867. The van der Waals surface area contributed by atoms with Gasteiger partial charge in [0.25, 0.3) is 0 Å². The fourth-order valence-corrected chi connectivity index (χ4v) is 6.19. The average molecular weight is 607 g/mol. The highest BCUT2D eigenvalue weighted by molar-refractivity contribution is 5.78. The summed E-state index contributed by atoms with van der Waals surface area (Å²) in [6, 6.07) is 0. The van der Waals surface area contributed by atoms with Gasteiger partial charge in [-0.3, -0.25) is 9.59 Å². The first-order valence-electron chi connectivity index (χ1n) is 19.8. The van der Waals surface area contributed by atoms with Crippen molar-refractivity contribution in [3.8, 4) is 0 Å². The summed E-state index contributed by atoms with van der Waals surface area (Å²) in [6.07, 6.45) is 41.9. The Morgan fingerprint density at radius 3 is 1.02 bits per heavy atom. The van der Waals surface area contributed by atoms with Gasteiger partial charge >= 0.3 is 5.97 Å². The van der Waals surface area contributed by atoms with Crippen LogP contribution in [0.5, 0.6) is 0 Å². The predicted molar refractivity (Wildman–Crippen MR) is 189 cm³/mol. The minimum Gasteiger partial charge on any atom is -0.465 e. The second-order valence-corrected chi connectivity index (χ2v) is 13.9. The number of Topliss-reactive ketones (excluding diaryl/α,β-unsaturated/α-hetero) is 1. The van der Waals surface area contributed by atoms with Crippen LogP contribution in [0.1, 0.15) is 233 Å². The third-order valence-corrected chi connectivity index (χ3v) is 9.15. The summed E-state index contributed by atoms with van der Waals surface area (Å²) >= 11 is 0. The van der Waals surface area contributed by atoms with Crippen LogP contribution < -0.4 is 0 Å². The van der Waals surface area contributed by atoms with Gasteiger partial charge in [0, 0.05) is 19.3 Å². The highest BCUT2D eigenvalue weighted by Gasteiger charge is 2.12. The number of hydrogen-bond acceptors (Lipinski definition) is 3. The Balaban J connectivity index is 3.38. The van der Waals surface area contributed by atoms with E-state index in [1.807, 2.05) is 6.92 Å². The van der Waals surface area contributed by atoms with Crippen LogP contribution in [0.25, 0.3) is 0 Å². The number of carbonyl (C=O) groups is 2. The lowest BCUT2D eigenvalue weighted by atomic mass is 10.0. The normalized spacial score (nSPS) is 12.1. The lowest BCUT2D eigenvalue weighted by Crippen LogP contribution is -2.15. The van der Waals surface area contributed by atoms with Crippen molar-refractivity contribution in [1.82, 2.24) is 0 Å². The summed E-state index contributed by atoms with van der Waals surface area (Å²) in [6.45, 7) is 6.99. The van der Waals surface area contributed by atoms with Gasteiger partial charge < -0.3 is 4.74 Å². The van der Waals surface area contributed by atoms with Gasteiger partial charge in [-0.05, 0) is 18.8 Å². The maximum Gasteiger partial charge on any atom is 0.305 e. The molecule has 0 heterocycles. The smallest absolute Gasteiger partial charge is 0.305 e. The monoisotopic (exact) mass is 607 g/mol. The lowest BCUT2D eigenvalue weighted by molar-refractivity contribution is -0.145. The lowest BCUT2D eigenvalue weighted by Gasteiger charge is -2.11. The third kappa shape index (κ3) is 35.5. The molecule has 0 amide bonds. The van der Waals surface area contributed by atoms with Gasteiger partial charge in [0.2, 0.25) is 0 Å². The van der Waals surface area contributed by atoms with Crippen molar-refractivity contribution in [2.75, 3.05) is 6.61 Å². The van der Waals surface area contributed by atoms with Gasteiger partial charge in [-0.25, -0.2) is 0 Å². The number of carbonyl (C=O) groups excluding carboxylic acids is 2. The number of ketones is 1.